The van der Waals surface area contributed by atoms with Crippen molar-refractivity contribution in [2.75, 3.05) is 11.1 Å². The molecule has 0 aliphatic heterocycles. The molecule has 2 aromatic carbocycles. The molecular formula is C18H16N4O3. The Morgan fingerprint density at radius 1 is 1.08 bits per heavy atom. The van der Waals surface area contributed by atoms with Gasteiger partial charge in [0.05, 0.1) is 0 Å². The van der Waals surface area contributed by atoms with Crippen LogP contribution in [0, 0.1) is 0 Å². The summed E-state index contributed by atoms with van der Waals surface area (Å²) in [7, 11) is 0. The van der Waals surface area contributed by atoms with Crippen LogP contribution in [-0.2, 0) is 9.53 Å². The minimum atomic E-state index is -1.02. The van der Waals surface area contributed by atoms with Gasteiger partial charge in [0.2, 0.25) is 0 Å². The van der Waals surface area contributed by atoms with Crippen LogP contribution in [0.2, 0.25) is 0 Å². The molecule has 1 atom stereocenters. The molecule has 3 N–H and O–H groups in total. The number of benzene rings is 2. The third kappa shape index (κ3) is 3.55. The first-order valence-electron chi connectivity index (χ1n) is 7.62. The van der Waals surface area contributed by atoms with E-state index in [9.17, 15) is 9.59 Å². The lowest BCUT2D eigenvalue weighted by atomic mass is 10.1. The van der Waals surface area contributed by atoms with E-state index in [1.165, 1.54) is 19.3 Å². The fourth-order valence-electron chi connectivity index (χ4n) is 2.34. The molecule has 7 heteroatoms. The summed E-state index contributed by atoms with van der Waals surface area (Å²) >= 11 is 0. The number of esters is 1. The van der Waals surface area contributed by atoms with Crippen LogP contribution >= 0.6 is 0 Å². The van der Waals surface area contributed by atoms with Crippen LogP contribution in [-0.4, -0.2) is 27.9 Å². The minimum Gasteiger partial charge on any atom is -0.448 e. The highest BCUT2D eigenvalue weighted by atomic mass is 16.5. The largest absolute Gasteiger partial charge is 0.448 e. The molecule has 3 rings (SSSR count). The summed E-state index contributed by atoms with van der Waals surface area (Å²) in [6.45, 7) is 1.48. The third-order valence-corrected chi connectivity index (χ3v) is 3.62. The van der Waals surface area contributed by atoms with Crippen LogP contribution in [0.25, 0.3) is 10.8 Å². The van der Waals surface area contributed by atoms with Crippen LogP contribution < -0.4 is 11.1 Å². The fourth-order valence-corrected chi connectivity index (χ4v) is 2.34. The zero-order chi connectivity index (χ0) is 17.8. The van der Waals surface area contributed by atoms with E-state index in [2.05, 4.69) is 15.3 Å². The van der Waals surface area contributed by atoms with Crippen molar-refractivity contribution in [3.8, 4) is 0 Å². The number of rotatable bonds is 4. The number of fused-ring (bicyclic) bond motifs is 1. The van der Waals surface area contributed by atoms with Gasteiger partial charge in [-0.25, -0.2) is 14.8 Å². The van der Waals surface area contributed by atoms with Gasteiger partial charge in [-0.3, -0.25) is 4.79 Å². The zero-order valence-corrected chi connectivity index (χ0v) is 13.5. The minimum absolute atomic E-state index is 0.0471. The highest BCUT2D eigenvalue weighted by Gasteiger charge is 2.22. The van der Waals surface area contributed by atoms with E-state index in [0.717, 1.165) is 10.8 Å². The predicted molar refractivity (Wildman–Crippen MR) is 93.9 cm³/mol. The molecule has 1 unspecified atom stereocenters. The number of nitrogen functional groups attached to an aromatic ring is 1. The van der Waals surface area contributed by atoms with Crippen molar-refractivity contribution in [1.82, 2.24) is 9.97 Å². The van der Waals surface area contributed by atoms with Gasteiger partial charge in [0.25, 0.3) is 5.91 Å². The number of nitrogens with zero attached hydrogens (tertiary/aromatic N) is 2. The molecule has 25 heavy (non-hydrogen) atoms. The molecule has 0 aliphatic rings. The summed E-state index contributed by atoms with van der Waals surface area (Å²) in [5.74, 6) is -1.30. The number of aromatic nitrogens is 2. The van der Waals surface area contributed by atoms with Crippen LogP contribution in [0.4, 0.5) is 11.5 Å². The van der Waals surface area contributed by atoms with Crippen molar-refractivity contribution in [3.05, 3.63) is 60.6 Å². The number of hydrogen-bond donors (Lipinski definition) is 2. The first-order valence-corrected chi connectivity index (χ1v) is 7.62. The zero-order valence-electron chi connectivity index (χ0n) is 13.5. The van der Waals surface area contributed by atoms with E-state index < -0.39 is 18.0 Å². The molecule has 3 aromatic rings. The average Bonchev–Trinajstić information content (AvgIpc) is 2.62. The highest BCUT2D eigenvalue weighted by molar-refractivity contribution is 6.04. The molecule has 0 spiro atoms. The van der Waals surface area contributed by atoms with Gasteiger partial charge < -0.3 is 15.8 Å². The quantitative estimate of drug-likeness (QED) is 0.708. The lowest BCUT2D eigenvalue weighted by Gasteiger charge is -2.14. The second-order valence-corrected chi connectivity index (χ2v) is 5.35. The summed E-state index contributed by atoms with van der Waals surface area (Å²) in [6, 6.07) is 13.2. The Hall–Kier alpha value is -3.48. The first kappa shape index (κ1) is 16.4. The number of carbonyl (C=O) groups is 2. The number of anilines is 2. The predicted octanol–water partition coefficient (Wildman–Crippen LogP) is 2.40. The Morgan fingerprint density at radius 3 is 2.60 bits per heavy atom. The SMILES string of the molecule is CC(OC(=O)c1nccnc1N)C(=O)Nc1cccc2ccccc12. The molecule has 1 amide bonds. The molecule has 0 fully saturated rings. The summed E-state index contributed by atoms with van der Waals surface area (Å²) in [6.07, 6.45) is 1.67. The average molecular weight is 336 g/mol. The fraction of sp³-hybridized carbons (Fsp3) is 0.111. The van der Waals surface area contributed by atoms with Crippen LogP contribution in [0.5, 0.6) is 0 Å². The van der Waals surface area contributed by atoms with E-state index in [0.29, 0.717) is 5.69 Å². The molecule has 126 valence electrons. The molecular weight excluding hydrogens is 320 g/mol. The van der Waals surface area contributed by atoms with E-state index in [1.54, 1.807) is 6.07 Å². The molecule has 0 bridgehead atoms. The Labute approximate surface area is 143 Å². The number of ether oxygens (including phenoxy) is 1. The lowest BCUT2D eigenvalue weighted by Crippen LogP contribution is -2.30. The molecule has 1 aromatic heterocycles. The number of hydrogen-bond acceptors (Lipinski definition) is 6. The van der Waals surface area contributed by atoms with Gasteiger partial charge in [-0.2, -0.15) is 0 Å². The van der Waals surface area contributed by atoms with Crippen molar-refractivity contribution in [1.29, 1.82) is 0 Å². The van der Waals surface area contributed by atoms with Gasteiger partial charge in [0, 0.05) is 23.5 Å². The number of nitrogens with one attached hydrogen (secondary N) is 1. The first-order chi connectivity index (χ1) is 12.1. The van der Waals surface area contributed by atoms with Crippen molar-refractivity contribution in [3.63, 3.8) is 0 Å². The topological polar surface area (TPSA) is 107 Å². The number of nitrogens with two attached hydrogens (primary N) is 1. The Balaban J connectivity index is 1.72. The van der Waals surface area contributed by atoms with Crippen molar-refractivity contribution >= 4 is 34.2 Å². The molecule has 7 nitrogen and oxygen atoms in total. The Kier molecular flexibility index (Phi) is 4.56. The number of carbonyl (C=O) groups excluding carboxylic acids is 2. The molecule has 1 heterocycles. The number of amides is 1. The lowest BCUT2D eigenvalue weighted by molar-refractivity contribution is -0.123. The monoisotopic (exact) mass is 336 g/mol. The van der Waals surface area contributed by atoms with E-state index in [4.69, 9.17) is 10.5 Å². The normalized spacial score (nSPS) is 11.7. The van der Waals surface area contributed by atoms with E-state index in [-0.39, 0.29) is 11.5 Å². The van der Waals surface area contributed by atoms with Crippen LogP contribution in [0.3, 0.4) is 0 Å². The highest BCUT2D eigenvalue weighted by Crippen LogP contribution is 2.23. The van der Waals surface area contributed by atoms with Crippen molar-refractivity contribution < 1.29 is 14.3 Å². The van der Waals surface area contributed by atoms with Gasteiger partial charge in [-0.1, -0.05) is 36.4 Å². The smallest absolute Gasteiger partial charge is 0.361 e. The maximum absolute atomic E-state index is 12.4. The second kappa shape index (κ2) is 6.96. The Bertz CT molecular complexity index is 937. The van der Waals surface area contributed by atoms with Crippen molar-refractivity contribution in [2.45, 2.75) is 13.0 Å². The molecule has 0 saturated heterocycles. The summed E-state index contributed by atoms with van der Waals surface area (Å²) < 4.78 is 5.13. The molecule has 0 radical (unpaired) electrons. The van der Waals surface area contributed by atoms with Gasteiger partial charge in [0.15, 0.2) is 17.6 Å². The van der Waals surface area contributed by atoms with Gasteiger partial charge >= 0.3 is 5.97 Å². The van der Waals surface area contributed by atoms with Crippen molar-refractivity contribution in [2.24, 2.45) is 0 Å². The summed E-state index contributed by atoms with van der Waals surface area (Å²) in [5.41, 5.74) is 6.11. The molecule has 0 aliphatic carbocycles. The summed E-state index contributed by atoms with van der Waals surface area (Å²) in [5, 5.41) is 4.67. The maximum atomic E-state index is 12.4. The van der Waals surface area contributed by atoms with Gasteiger partial charge in [-0.15, -0.1) is 0 Å². The standard InChI is InChI=1S/C18H16N4O3/c1-11(25-18(24)15-16(19)21-10-9-20-15)17(23)22-14-8-4-6-12-5-2-3-7-13(12)14/h2-11H,1H3,(H2,19,21)(H,22,23). The third-order valence-electron chi connectivity index (χ3n) is 3.62. The maximum Gasteiger partial charge on any atom is 0.361 e. The second-order valence-electron chi connectivity index (χ2n) is 5.35. The Morgan fingerprint density at radius 2 is 1.80 bits per heavy atom. The van der Waals surface area contributed by atoms with E-state index in [1.807, 2.05) is 36.4 Å². The van der Waals surface area contributed by atoms with Crippen LogP contribution in [0.1, 0.15) is 17.4 Å². The summed E-state index contributed by atoms with van der Waals surface area (Å²) in [4.78, 5) is 32.0. The van der Waals surface area contributed by atoms with Crippen LogP contribution in [0.15, 0.2) is 54.9 Å². The molecule has 0 saturated carbocycles. The van der Waals surface area contributed by atoms with E-state index >= 15 is 0 Å². The van der Waals surface area contributed by atoms with Gasteiger partial charge in [-0.05, 0) is 18.4 Å². The van der Waals surface area contributed by atoms with Gasteiger partial charge in [0.1, 0.15) is 0 Å².